The van der Waals surface area contributed by atoms with Crippen molar-refractivity contribution in [2.75, 3.05) is 13.7 Å². The van der Waals surface area contributed by atoms with Crippen LogP contribution in [-0.2, 0) is 30.8 Å². The lowest BCUT2D eigenvalue weighted by Crippen LogP contribution is -2.37. The van der Waals surface area contributed by atoms with Crippen molar-refractivity contribution in [2.45, 2.75) is 26.0 Å². The van der Waals surface area contributed by atoms with E-state index in [1.165, 1.54) is 16.9 Å². The summed E-state index contributed by atoms with van der Waals surface area (Å²) >= 11 is 7.38. The van der Waals surface area contributed by atoms with Crippen LogP contribution in [0.3, 0.4) is 0 Å². The number of methoxy groups -OCH3 is 1. The zero-order chi connectivity index (χ0) is 20.2. The summed E-state index contributed by atoms with van der Waals surface area (Å²) in [5, 5.41) is 3.45. The maximum Gasteiger partial charge on any atom is 0.228 e. The van der Waals surface area contributed by atoms with Gasteiger partial charge in [0.05, 0.1) is 19.2 Å². The van der Waals surface area contributed by atoms with E-state index in [1.807, 2.05) is 34.5 Å². The first-order valence-corrected chi connectivity index (χ1v) is 10.6. The van der Waals surface area contributed by atoms with Crippen molar-refractivity contribution in [3.05, 3.63) is 74.7 Å². The molecule has 0 radical (unpaired) electrons. The van der Waals surface area contributed by atoms with Crippen LogP contribution in [0.25, 0.3) is 0 Å². The number of rotatable bonds is 6. The van der Waals surface area contributed by atoms with Gasteiger partial charge in [0.15, 0.2) is 0 Å². The van der Waals surface area contributed by atoms with Gasteiger partial charge in [0.2, 0.25) is 5.91 Å². The maximum atomic E-state index is 12.8. The average molecular weight is 429 g/mol. The van der Waals surface area contributed by atoms with Gasteiger partial charge in [0.25, 0.3) is 0 Å². The molecule has 7 heteroatoms. The predicted octanol–water partition coefficient (Wildman–Crippen LogP) is 4.51. The van der Waals surface area contributed by atoms with E-state index in [1.54, 1.807) is 19.2 Å². The minimum atomic E-state index is 0.0916. The maximum absolute atomic E-state index is 12.8. The van der Waals surface area contributed by atoms with E-state index in [9.17, 15) is 4.79 Å². The van der Waals surface area contributed by atoms with Crippen LogP contribution in [0, 0.1) is 0 Å². The second kappa shape index (κ2) is 8.84. The van der Waals surface area contributed by atoms with E-state index >= 15 is 0 Å². The number of carbonyl (C=O) groups excluding carboxylic acids is 1. The van der Waals surface area contributed by atoms with Gasteiger partial charge in [-0.3, -0.25) is 4.79 Å². The Kier molecular flexibility index (Phi) is 6.02. The van der Waals surface area contributed by atoms with Crippen LogP contribution in [0.4, 0.5) is 0 Å². The minimum Gasteiger partial charge on any atom is -0.497 e. The molecule has 0 bridgehead atoms. The molecule has 1 aromatic heterocycles. The highest BCUT2D eigenvalue weighted by Gasteiger charge is 2.22. The molecule has 5 nitrogen and oxygen atoms in total. The Balaban J connectivity index is 1.33. The molecule has 1 amide bonds. The zero-order valence-electron chi connectivity index (χ0n) is 16.1. The third-order valence-corrected chi connectivity index (χ3v) is 6.01. The van der Waals surface area contributed by atoms with E-state index in [0.717, 1.165) is 40.7 Å². The summed E-state index contributed by atoms with van der Waals surface area (Å²) in [4.78, 5) is 19.2. The molecule has 0 saturated heterocycles. The fraction of sp³-hybridized carbons (Fsp3) is 0.273. The lowest BCUT2D eigenvalue weighted by Gasteiger charge is -2.29. The normalized spacial score (nSPS) is 13.1. The fourth-order valence-electron chi connectivity index (χ4n) is 3.31. The van der Waals surface area contributed by atoms with Crippen molar-refractivity contribution in [1.82, 2.24) is 9.88 Å². The van der Waals surface area contributed by atoms with Crippen LogP contribution in [0.5, 0.6) is 11.5 Å². The van der Waals surface area contributed by atoms with E-state index in [0.29, 0.717) is 24.6 Å². The van der Waals surface area contributed by atoms with Crippen LogP contribution in [0.15, 0.2) is 47.8 Å². The van der Waals surface area contributed by atoms with Crippen molar-refractivity contribution in [2.24, 2.45) is 0 Å². The molecule has 1 aliphatic rings. The topological polar surface area (TPSA) is 51.7 Å². The molecule has 0 saturated carbocycles. The Morgan fingerprint density at radius 2 is 1.97 bits per heavy atom. The van der Waals surface area contributed by atoms with Crippen molar-refractivity contribution in [3.8, 4) is 11.5 Å². The van der Waals surface area contributed by atoms with Crippen LogP contribution in [0.1, 0.15) is 21.8 Å². The molecular weight excluding hydrogens is 408 g/mol. The first-order valence-electron chi connectivity index (χ1n) is 9.36. The second-order valence-electron chi connectivity index (χ2n) is 6.85. The minimum absolute atomic E-state index is 0.0916. The number of carbonyl (C=O) groups is 1. The van der Waals surface area contributed by atoms with E-state index in [2.05, 4.69) is 11.1 Å². The highest BCUT2D eigenvalue weighted by molar-refractivity contribution is 7.09. The zero-order valence-corrected chi connectivity index (χ0v) is 17.6. The number of benzene rings is 2. The molecule has 0 fully saturated rings. The molecule has 3 aromatic rings. The number of thiazole rings is 1. The van der Waals surface area contributed by atoms with Gasteiger partial charge < -0.3 is 14.4 Å². The summed E-state index contributed by atoms with van der Waals surface area (Å²) in [5.41, 5.74) is 3.22. The first-order chi connectivity index (χ1) is 14.1. The Bertz CT molecular complexity index is 1000. The van der Waals surface area contributed by atoms with Crippen molar-refractivity contribution >= 4 is 28.8 Å². The largest absolute Gasteiger partial charge is 0.497 e. The standard InChI is InChI=1S/C22H21ClN2O3S/c1-27-20-5-2-15-8-9-25(12-16(15)10-20)22(26)11-18-14-29-21(24-18)13-28-19-6-3-17(23)4-7-19/h2-7,10,14H,8-9,11-13H2,1H3. The summed E-state index contributed by atoms with van der Waals surface area (Å²) < 4.78 is 11.0. The van der Waals surface area contributed by atoms with Crippen LogP contribution in [-0.4, -0.2) is 29.4 Å². The highest BCUT2D eigenvalue weighted by atomic mass is 35.5. The van der Waals surface area contributed by atoms with Gasteiger partial charge in [-0.1, -0.05) is 17.7 Å². The Morgan fingerprint density at radius 1 is 1.17 bits per heavy atom. The highest BCUT2D eigenvalue weighted by Crippen LogP contribution is 2.24. The molecule has 29 heavy (non-hydrogen) atoms. The predicted molar refractivity (Wildman–Crippen MR) is 114 cm³/mol. The van der Waals surface area contributed by atoms with Crippen LogP contribution < -0.4 is 9.47 Å². The number of hydrogen-bond donors (Lipinski definition) is 0. The van der Waals surface area contributed by atoms with Gasteiger partial charge in [-0.15, -0.1) is 11.3 Å². The van der Waals surface area contributed by atoms with E-state index < -0.39 is 0 Å². The summed E-state index contributed by atoms with van der Waals surface area (Å²) in [6.45, 7) is 1.72. The monoisotopic (exact) mass is 428 g/mol. The number of nitrogens with zero attached hydrogens (tertiary/aromatic N) is 2. The van der Waals surface area contributed by atoms with E-state index in [-0.39, 0.29) is 5.91 Å². The lowest BCUT2D eigenvalue weighted by molar-refractivity contribution is -0.131. The summed E-state index contributed by atoms with van der Waals surface area (Å²) in [6, 6.07) is 13.3. The number of ether oxygens (including phenoxy) is 2. The van der Waals surface area contributed by atoms with Crippen LogP contribution in [0.2, 0.25) is 5.02 Å². The first kappa shape index (κ1) is 19.7. The molecule has 150 valence electrons. The van der Waals surface area contributed by atoms with Crippen LogP contribution >= 0.6 is 22.9 Å². The van der Waals surface area contributed by atoms with Crippen molar-refractivity contribution in [3.63, 3.8) is 0 Å². The Labute approximate surface area is 178 Å². The quantitative estimate of drug-likeness (QED) is 0.579. The third kappa shape index (κ3) is 4.89. The van der Waals surface area contributed by atoms with Gasteiger partial charge in [-0.25, -0.2) is 4.98 Å². The molecule has 2 aromatic carbocycles. The summed E-state index contributed by atoms with van der Waals surface area (Å²) in [7, 11) is 1.66. The van der Waals surface area contributed by atoms with Gasteiger partial charge in [0.1, 0.15) is 23.1 Å². The Hall–Kier alpha value is -2.57. The second-order valence-corrected chi connectivity index (χ2v) is 8.23. The van der Waals surface area contributed by atoms with E-state index in [4.69, 9.17) is 21.1 Å². The molecule has 2 heterocycles. The molecule has 0 unspecified atom stereocenters. The van der Waals surface area contributed by atoms with Crippen molar-refractivity contribution < 1.29 is 14.3 Å². The summed E-state index contributed by atoms with van der Waals surface area (Å²) in [6.07, 6.45) is 1.17. The molecule has 4 rings (SSSR count). The fourth-order valence-corrected chi connectivity index (χ4v) is 4.14. The van der Waals surface area contributed by atoms with Gasteiger partial charge in [-0.2, -0.15) is 0 Å². The summed E-state index contributed by atoms with van der Waals surface area (Å²) in [5.74, 6) is 1.65. The third-order valence-electron chi connectivity index (χ3n) is 4.89. The smallest absolute Gasteiger partial charge is 0.228 e. The molecule has 0 atom stereocenters. The molecule has 1 aliphatic heterocycles. The SMILES string of the molecule is COc1ccc2c(c1)CN(C(=O)Cc1csc(COc3ccc(Cl)cc3)n1)CC2. The molecule has 0 aliphatic carbocycles. The number of amides is 1. The van der Waals surface area contributed by atoms with Gasteiger partial charge in [-0.05, 0) is 53.9 Å². The number of hydrogen-bond acceptors (Lipinski definition) is 5. The molecule has 0 spiro atoms. The molecule has 0 N–H and O–H groups in total. The van der Waals surface area contributed by atoms with Gasteiger partial charge in [0, 0.05) is 23.5 Å². The number of fused-ring (bicyclic) bond motifs is 1. The lowest BCUT2D eigenvalue weighted by atomic mass is 9.99. The Morgan fingerprint density at radius 3 is 2.76 bits per heavy atom. The van der Waals surface area contributed by atoms with Gasteiger partial charge >= 0.3 is 0 Å². The van der Waals surface area contributed by atoms with Crippen molar-refractivity contribution in [1.29, 1.82) is 0 Å². The number of aromatic nitrogens is 1. The number of halogens is 1. The average Bonchev–Trinajstić information content (AvgIpc) is 3.19. The molecular formula is C22H21ClN2O3S.